The lowest BCUT2D eigenvalue weighted by Crippen LogP contribution is -2.05. The van der Waals surface area contributed by atoms with Gasteiger partial charge in [-0.2, -0.15) is 0 Å². The molecule has 5 heteroatoms. The first kappa shape index (κ1) is 10.4. The molecule has 0 aliphatic rings. The second kappa shape index (κ2) is 9.61. The molecule has 0 amide bonds. The molecular formula is C3H11N3O2. The number of carboxylic acid groups (broad SMARTS) is 1. The van der Waals surface area contributed by atoms with Crippen LogP contribution in [-0.2, 0) is 4.79 Å². The third-order valence-corrected chi connectivity index (χ3v) is 0.358. The maximum atomic E-state index is 9.52. The van der Waals surface area contributed by atoms with E-state index in [0.29, 0.717) is 0 Å². The van der Waals surface area contributed by atoms with Crippen LogP contribution < -0.4 is 17.4 Å². The van der Waals surface area contributed by atoms with Gasteiger partial charge in [0.1, 0.15) is 0 Å². The SMILES string of the molecule is NCCC(=O)O.NN. The first-order chi connectivity index (χ1) is 3.77. The summed E-state index contributed by atoms with van der Waals surface area (Å²) in [4.78, 5) is 9.52. The largest absolute Gasteiger partial charge is 0.481 e. The van der Waals surface area contributed by atoms with E-state index in [9.17, 15) is 4.79 Å². The first-order valence-electron chi connectivity index (χ1n) is 2.02. The van der Waals surface area contributed by atoms with Gasteiger partial charge >= 0.3 is 5.97 Å². The first-order valence-corrected chi connectivity index (χ1v) is 2.02. The highest BCUT2D eigenvalue weighted by Gasteiger charge is 1.87. The Morgan fingerprint density at radius 2 is 1.88 bits per heavy atom. The smallest absolute Gasteiger partial charge is 0.304 e. The van der Waals surface area contributed by atoms with Gasteiger partial charge in [0.2, 0.25) is 0 Å². The van der Waals surface area contributed by atoms with E-state index in [2.05, 4.69) is 11.7 Å². The van der Waals surface area contributed by atoms with Crippen molar-refractivity contribution in [2.24, 2.45) is 17.4 Å². The molecule has 0 fully saturated rings. The van der Waals surface area contributed by atoms with E-state index >= 15 is 0 Å². The van der Waals surface area contributed by atoms with Crippen LogP contribution >= 0.6 is 0 Å². The molecule has 0 bridgehead atoms. The summed E-state index contributed by atoms with van der Waals surface area (Å²) in [5, 5.41) is 7.83. The van der Waals surface area contributed by atoms with Gasteiger partial charge in [0, 0.05) is 6.54 Å². The highest BCUT2D eigenvalue weighted by atomic mass is 16.4. The van der Waals surface area contributed by atoms with Crippen LogP contribution in [0.1, 0.15) is 6.42 Å². The number of hydrogen-bond donors (Lipinski definition) is 4. The van der Waals surface area contributed by atoms with Crippen molar-refractivity contribution in [3.8, 4) is 0 Å². The summed E-state index contributed by atoms with van der Waals surface area (Å²) in [6, 6.07) is 0. The Bertz CT molecular complexity index is 56.5. The molecular weight excluding hydrogens is 110 g/mol. The zero-order valence-corrected chi connectivity index (χ0v) is 4.50. The second-order valence-electron chi connectivity index (χ2n) is 0.932. The lowest BCUT2D eigenvalue weighted by atomic mass is 10.5. The molecule has 0 aromatic carbocycles. The van der Waals surface area contributed by atoms with Gasteiger partial charge in [0.25, 0.3) is 0 Å². The molecule has 50 valence electrons. The van der Waals surface area contributed by atoms with Gasteiger partial charge in [-0.1, -0.05) is 0 Å². The zero-order chi connectivity index (χ0) is 6.99. The minimum absolute atomic E-state index is 0.0694. The quantitative estimate of drug-likeness (QED) is 0.255. The zero-order valence-electron chi connectivity index (χ0n) is 4.50. The van der Waals surface area contributed by atoms with Crippen molar-refractivity contribution in [2.75, 3.05) is 6.54 Å². The molecule has 8 heavy (non-hydrogen) atoms. The molecule has 0 saturated carbocycles. The predicted octanol–water partition coefficient (Wildman–Crippen LogP) is -1.76. The van der Waals surface area contributed by atoms with E-state index in [1.165, 1.54) is 0 Å². The number of hydrazine groups is 1. The molecule has 0 aromatic heterocycles. The van der Waals surface area contributed by atoms with Crippen LogP contribution in [-0.4, -0.2) is 17.6 Å². The molecule has 0 unspecified atom stereocenters. The molecule has 0 spiro atoms. The van der Waals surface area contributed by atoms with Crippen molar-refractivity contribution >= 4 is 5.97 Å². The van der Waals surface area contributed by atoms with Crippen LogP contribution in [0.3, 0.4) is 0 Å². The van der Waals surface area contributed by atoms with Crippen LogP contribution in [0.25, 0.3) is 0 Å². The topological polar surface area (TPSA) is 115 Å². The van der Waals surface area contributed by atoms with Crippen molar-refractivity contribution in [1.29, 1.82) is 0 Å². The highest BCUT2D eigenvalue weighted by Crippen LogP contribution is 1.67. The average Bonchev–Trinajstić information content (AvgIpc) is 1.72. The molecule has 0 radical (unpaired) electrons. The fourth-order valence-electron chi connectivity index (χ4n) is 0.123. The van der Waals surface area contributed by atoms with Gasteiger partial charge in [0.05, 0.1) is 6.42 Å². The van der Waals surface area contributed by atoms with E-state index in [0.717, 1.165) is 0 Å². The fourth-order valence-corrected chi connectivity index (χ4v) is 0.123. The lowest BCUT2D eigenvalue weighted by molar-refractivity contribution is -0.136. The molecule has 0 saturated heterocycles. The van der Waals surface area contributed by atoms with Gasteiger partial charge in [-0.15, -0.1) is 0 Å². The number of aliphatic carboxylic acids is 1. The fraction of sp³-hybridized carbons (Fsp3) is 0.667. The van der Waals surface area contributed by atoms with Crippen LogP contribution in [0.4, 0.5) is 0 Å². The summed E-state index contributed by atoms with van der Waals surface area (Å²) in [6.07, 6.45) is 0.0694. The van der Waals surface area contributed by atoms with Gasteiger partial charge in [0.15, 0.2) is 0 Å². The molecule has 0 aliphatic heterocycles. The Labute approximate surface area is 47.4 Å². The van der Waals surface area contributed by atoms with Gasteiger partial charge < -0.3 is 10.8 Å². The Morgan fingerprint density at radius 3 is 1.88 bits per heavy atom. The summed E-state index contributed by atoms with van der Waals surface area (Å²) in [5.41, 5.74) is 4.85. The van der Waals surface area contributed by atoms with E-state index in [4.69, 9.17) is 10.8 Å². The summed E-state index contributed by atoms with van der Waals surface area (Å²) in [7, 11) is 0. The van der Waals surface area contributed by atoms with E-state index < -0.39 is 5.97 Å². The number of hydrogen-bond acceptors (Lipinski definition) is 4. The Balaban J connectivity index is 0. The van der Waals surface area contributed by atoms with Crippen molar-refractivity contribution in [3.05, 3.63) is 0 Å². The maximum Gasteiger partial charge on any atom is 0.304 e. The Hall–Kier alpha value is -0.650. The Kier molecular flexibility index (Phi) is 12.4. The maximum absolute atomic E-state index is 9.52. The van der Waals surface area contributed by atoms with E-state index in [1.807, 2.05) is 0 Å². The van der Waals surface area contributed by atoms with E-state index in [1.54, 1.807) is 0 Å². The number of rotatable bonds is 2. The standard InChI is InChI=1S/C3H7NO2.H4N2/c4-2-1-3(5)6;1-2/h1-2,4H2,(H,5,6);1-2H2. The lowest BCUT2D eigenvalue weighted by Gasteiger charge is -1.80. The monoisotopic (exact) mass is 121 g/mol. The van der Waals surface area contributed by atoms with Crippen LogP contribution in [0.5, 0.6) is 0 Å². The third kappa shape index (κ3) is 18.3. The summed E-state index contributed by atoms with van der Waals surface area (Å²) < 4.78 is 0. The van der Waals surface area contributed by atoms with Crippen LogP contribution in [0, 0.1) is 0 Å². The average molecular weight is 121 g/mol. The number of nitrogens with two attached hydrogens (primary N) is 3. The minimum Gasteiger partial charge on any atom is -0.481 e. The molecule has 0 atom stereocenters. The van der Waals surface area contributed by atoms with Gasteiger partial charge in [-0.05, 0) is 0 Å². The summed E-state index contributed by atoms with van der Waals surface area (Å²) in [6.45, 7) is 0.231. The van der Waals surface area contributed by atoms with Crippen LogP contribution in [0.15, 0.2) is 0 Å². The number of carboxylic acids is 1. The second-order valence-corrected chi connectivity index (χ2v) is 0.932. The van der Waals surface area contributed by atoms with Crippen molar-refractivity contribution in [3.63, 3.8) is 0 Å². The highest BCUT2D eigenvalue weighted by molar-refractivity contribution is 5.66. The normalized spacial score (nSPS) is 6.88. The predicted molar refractivity (Wildman–Crippen MR) is 29.7 cm³/mol. The van der Waals surface area contributed by atoms with Crippen molar-refractivity contribution < 1.29 is 9.90 Å². The molecule has 0 aromatic rings. The Morgan fingerprint density at radius 1 is 1.50 bits per heavy atom. The molecule has 7 N–H and O–H groups in total. The van der Waals surface area contributed by atoms with E-state index in [-0.39, 0.29) is 13.0 Å². The molecule has 0 rings (SSSR count). The molecule has 5 nitrogen and oxygen atoms in total. The molecule has 0 heterocycles. The summed E-state index contributed by atoms with van der Waals surface area (Å²) in [5.74, 6) is 7.16. The minimum atomic E-state index is -0.836. The van der Waals surface area contributed by atoms with Crippen LogP contribution in [0.2, 0.25) is 0 Å². The van der Waals surface area contributed by atoms with Crippen molar-refractivity contribution in [1.82, 2.24) is 0 Å². The molecule has 0 aliphatic carbocycles. The van der Waals surface area contributed by atoms with Gasteiger partial charge in [-0.3, -0.25) is 16.5 Å². The van der Waals surface area contributed by atoms with Crippen molar-refractivity contribution in [2.45, 2.75) is 6.42 Å². The van der Waals surface area contributed by atoms with Gasteiger partial charge in [-0.25, -0.2) is 0 Å². The summed E-state index contributed by atoms with van der Waals surface area (Å²) >= 11 is 0. The number of carbonyl (C=O) groups is 1. The third-order valence-electron chi connectivity index (χ3n) is 0.358.